The van der Waals surface area contributed by atoms with Crippen molar-refractivity contribution in [2.24, 2.45) is 0 Å². The molecule has 1 unspecified atom stereocenters. The number of nitrogens with zero attached hydrogens (tertiary/aromatic N) is 3. The lowest BCUT2D eigenvalue weighted by molar-refractivity contribution is 0.485. The van der Waals surface area contributed by atoms with Gasteiger partial charge in [-0.1, -0.05) is 0 Å². The number of rotatable bonds is 2. The van der Waals surface area contributed by atoms with Crippen molar-refractivity contribution in [2.75, 3.05) is 25.0 Å². The summed E-state index contributed by atoms with van der Waals surface area (Å²) in [5.41, 5.74) is 2.57. The van der Waals surface area contributed by atoms with Gasteiger partial charge in [0.2, 0.25) is 5.95 Å². The second kappa shape index (κ2) is 5.22. The Bertz CT molecular complexity index is 412. The largest absolute Gasteiger partial charge is 0.341 e. The molecule has 2 aliphatic rings. The normalized spacial score (nSPS) is 23.8. The quantitative estimate of drug-likeness (QED) is 0.867. The van der Waals surface area contributed by atoms with Gasteiger partial charge in [0.1, 0.15) is 0 Å². The molecule has 1 aliphatic heterocycles. The van der Waals surface area contributed by atoms with Crippen molar-refractivity contribution in [3.8, 4) is 0 Å². The molecule has 1 atom stereocenters. The number of aromatic nitrogens is 2. The van der Waals surface area contributed by atoms with E-state index in [-0.39, 0.29) is 0 Å². The molecule has 0 saturated carbocycles. The summed E-state index contributed by atoms with van der Waals surface area (Å²) in [6.45, 7) is 2.24. The van der Waals surface area contributed by atoms with E-state index in [4.69, 9.17) is 4.98 Å². The van der Waals surface area contributed by atoms with Crippen LogP contribution in [0.25, 0.3) is 0 Å². The van der Waals surface area contributed by atoms with Crippen molar-refractivity contribution < 1.29 is 0 Å². The third-order valence-corrected chi connectivity index (χ3v) is 4.16. The van der Waals surface area contributed by atoms with Crippen molar-refractivity contribution in [1.82, 2.24) is 15.3 Å². The number of hydrogen-bond donors (Lipinski definition) is 1. The number of nitrogens with one attached hydrogen (secondary N) is 1. The van der Waals surface area contributed by atoms with Crippen molar-refractivity contribution >= 4 is 5.95 Å². The average Bonchev–Trinajstić information content (AvgIpc) is 2.47. The Morgan fingerprint density at radius 3 is 2.83 bits per heavy atom. The lowest BCUT2D eigenvalue weighted by Crippen LogP contribution is -2.32. The maximum atomic E-state index is 4.81. The molecule has 1 saturated heterocycles. The summed E-state index contributed by atoms with van der Waals surface area (Å²) in [4.78, 5) is 11.7. The van der Waals surface area contributed by atoms with Gasteiger partial charge >= 0.3 is 0 Å². The molecule has 1 aromatic heterocycles. The van der Waals surface area contributed by atoms with Gasteiger partial charge in [-0.15, -0.1) is 0 Å². The van der Waals surface area contributed by atoms with Gasteiger partial charge in [-0.25, -0.2) is 9.97 Å². The second-order valence-corrected chi connectivity index (χ2v) is 5.35. The van der Waals surface area contributed by atoms with Gasteiger partial charge in [0.15, 0.2) is 0 Å². The minimum absolute atomic E-state index is 0.448. The highest BCUT2D eigenvalue weighted by molar-refractivity contribution is 5.35. The number of aryl methyl sites for hydroxylation is 1. The van der Waals surface area contributed by atoms with Crippen molar-refractivity contribution in [3.63, 3.8) is 0 Å². The Hall–Kier alpha value is -1.16. The molecule has 4 nitrogen and oxygen atoms in total. The van der Waals surface area contributed by atoms with Crippen LogP contribution in [-0.4, -0.2) is 30.1 Å². The minimum atomic E-state index is 0.448. The van der Waals surface area contributed by atoms with Crippen LogP contribution in [-0.2, 0) is 6.42 Å². The molecule has 0 aromatic carbocycles. The first kappa shape index (κ1) is 11.9. The van der Waals surface area contributed by atoms with Crippen LogP contribution in [0, 0.1) is 0 Å². The van der Waals surface area contributed by atoms with Crippen molar-refractivity contribution in [1.29, 1.82) is 0 Å². The van der Waals surface area contributed by atoms with E-state index in [0.29, 0.717) is 6.04 Å². The first-order chi connectivity index (χ1) is 8.88. The molecule has 1 fully saturated rings. The number of piperidine rings is 1. The van der Waals surface area contributed by atoms with Crippen molar-refractivity contribution in [3.05, 3.63) is 17.5 Å². The lowest BCUT2D eigenvalue weighted by Gasteiger charge is -2.29. The Morgan fingerprint density at radius 1 is 1.22 bits per heavy atom. The maximum Gasteiger partial charge on any atom is 0.225 e. The second-order valence-electron chi connectivity index (χ2n) is 5.35. The molecule has 1 N–H and O–H groups in total. The highest BCUT2D eigenvalue weighted by Gasteiger charge is 2.22. The van der Waals surface area contributed by atoms with E-state index in [1.807, 2.05) is 13.2 Å². The van der Waals surface area contributed by atoms with Gasteiger partial charge < -0.3 is 10.2 Å². The van der Waals surface area contributed by atoms with Gasteiger partial charge in [0, 0.05) is 30.9 Å². The van der Waals surface area contributed by atoms with E-state index in [1.165, 1.54) is 43.4 Å². The smallest absolute Gasteiger partial charge is 0.225 e. The summed E-state index contributed by atoms with van der Waals surface area (Å²) in [6, 6.07) is 0.448. The SMILES string of the molecule is CNC1CCCc2nc(N3CCCCC3)ncc21. The molecule has 3 rings (SSSR count). The molecular weight excluding hydrogens is 224 g/mol. The zero-order valence-corrected chi connectivity index (χ0v) is 11.2. The van der Waals surface area contributed by atoms with Crippen LogP contribution in [0.4, 0.5) is 5.95 Å². The predicted octanol–water partition coefficient (Wildman–Crippen LogP) is 2.06. The molecule has 1 aliphatic carbocycles. The zero-order valence-electron chi connectivity index (χ0n) is 11.2. The summed E-state index contributed by atoms with van der Waals surface area (Å²) >= 11 is 0. The van der Waals surface area contributed by atoms with Crippen LogP contribution in [0.2, 0.25) is 0 Å². The van der Waals surface area contributed by atoms with Gasteiger partial charge in [0.25, 0.3) is 0 Å². The molecule has 18 heavy (non-hydrogen) atoms. The van der Waals surface area contributed by atoms with Crippen LogP contribution in [0.15, 0.2) is 6.20 Å². The van der Waals surface area contributed by atoms with E-state index in [9.17, 15) is 0 Å². The maximum absolute atomic E-state index is 4.81. The summed E-state index contributed by atoms with van der Waals surface area (Å²) < 4.78 is 0. The van der Waals surface area contributed by atoms with E-state index < -0.39 is 0 Å². The molecule has 0 amide bonds. The van der Waals surface area contributed by atoms with Crippen molar-refractivity contribution in [2.45, 2.75) is 44.6 Å². The zero-order chi connectivity index (χ0) is 12.4. The highest BCUT2D eigenvalue weighted by Crippen LogP contribution is 2.29. The molecule has 0 radical (unpaired) electrons. The summed E-state index contributed by atoms with van der Waals surface area (Å²) in [7, 11) is 2.03. The standard InChI is InChI=1S/C14H22N4/c1-15-12-6-5-7-13-11(12)10-16-14(17-13)18-8-3-2-4-9-18/h10,12,15H,2-9H2,1H3. The van der Waals surface area contributed by atoms with Gasteiger partial charge in [-0.2, -0.15) is 0 Å². The van der Waals surface area contributed by atoms with Crippen LogP contribution in [0.3, 0.4) is 0 Å². The number of hydrogen-bond acceptors (Lipinski definition) is 4. The summed E-state index contributed by atoms with van der Waals surface area (Å²) in [6.07, 6.45) is 9.50. The van der Waals surface area contributed by atoms with E-state index >= 15 is 0 Å². The highest BCUT2D eigenvalue weighted by atomic mass is 15.2. The fourth-order valence-corrected chi connectivity index (χ4v) is 3.08. The van der Waals surface area contributed by atoms with E-state index in [2.05, 4.69) is 15.2 Å². The fraction of sp³-hybridized carbons (Fsp3) is 0.714. The third kappa shape index (κ3) is 2.21. The van der Waals surface area contributed by atoms with Crippen LogP contribution < -0.4 is 10.2 Å². The first-order valence-electron chi connectivity index (χ1n) is 7.16. The van der Waals surface area contributed by atoms with Crippen LogP contribution in [0.5, 0.6) is 0 Å². The fourth-order valence-electron chi connectivity index (χ4n) is 3.08. The predicted molar refractivity (Wildman–Crippen MR) is 72.8 cm³/mol. The third-order valence-electron chi connectivity index (χ3n) is 4.16. The lowest BCUT2D eigenvalue weighted by atomic mass is 9.92. The van der Waals surface area contributed by atoms with E-state index in [0.717, 1.165) is 25.5 Å². The number of fused-ring (bicyclic) bond motifs is 1. The number of anilines is 1. The van der Waals surface area contributed by atoms with Gasteiger partial charge in [-0.3, -0.25) is 0 Å². The Morgan fingerprint density at radius 2 is 2.06 bits per heavy atom. The monoisotopic (exact) mass is 246 g/mol. The van der Waals surface area contributed by atoms with Gasteiger partial charge in [-0.05, 0) is 45.6 Å². The molecule has 1 aromatic rings. The molecule has 98 valence electrons. The minimum Gasteiger partial charge on any atom is -0.341 e. The molecule has 4 heteroatoms. The Labute approximate surface area is 109 Å². The summed E-state index contributed by atoms with van der Waals surface area (Å²) in [5.74, 6) is 0.949. The van der Waals surface area contributed by atoms with Crippen LogP contribution in [0.1, 0.15) is 49.4 Å². The topological polar surface area (TPSA) is 41.1 Å². The molecule has 2 heterocycles. The Kier molecular flexibility index (Phi) is 3.46. The average molecular weight is 246 g/mol. The first-order valence-corrected chi connectivity index (χ1v) is 7.16. The molecular formula is C14H22N4. The van der Waals surface area contributed by atoms with E-state index in [1.54, 1.807) is 0 Å². The summed E-state index contributed by atoms with van der Waals surface area (Å²) in [5, 5.41) is 3.37. The molecule has 0 bridgehead atoms. The van der Waals surface area contributed by atoms with Gasteiger partial charge in [0.05, 0.1) is 5.69 Å². The molecule has 0 spiro atoms. The Balaban J connectivity index is 1.85. The van der Waals surface area contributed by atoms with Crippen LogP contribution >= 0.6 is 0 Å².